The maximum atomic E-state index is 12.1. The number of carbonyl (C=O) groups excluding carboxylic acids is 1. The summed E-state index contributed by atoms with van der Waals surface area (Å²) in [5.74, 6) is 2.07. The summed E-state index contributed by atoms with van der Waals surface area (Å²) in [6.07, 6.45) is 3.23. The van der Waals surface area contributed by atoms with Gasteiger partial charge in [0, 0.05) is 50.0 Å². The maximum absolute atomic E-state index is 12.1. The molecule has 6 heteroatoms. The van der Waals surface area contributed by atoms with Gasteiger partial charge in [0.05, 0.1) is 0 Å². The largest absolute Gasteiger partial charge is 0.454 e. The van der Waals surface area contributed by atoms with Gasteiger partial charge < -0.3 is 19.7 Å². The lowest BCUT2D eigenvalue weighted by molar-refractivity contribution is -0.122. The normalized spacial score (nSPS) is 19.1. The number of rotatable bonds is 5. The molecule has 1 saturated heterocycles. The summed E-state index contributed by atoms with van der Waals surface area (Å²) >= 11 is 0. The highest BCUT2D eigenvalue weighted by Gasteiger charge is 2.25. The van der Waals surface area contributed by atoms with Gasteiger partial charge in [-0.05, 0) is 54.8 Å². The molecule has 29 heavy (non-hydrogen) atoms. The fourth-order valence-electron chi connectivity index (χ4n) is 4.13. The van der Waals surface area contributed by atoms with Crippen LogP contribution in [0, 0.1) is 5.92 Å². The number of nitrogens with zero attached hydrogens (tertiary/aromatic N) is 2. The van der Waals surface area contributed by atoms with Crippen molar-refractivity contribution in [3.05, 3.63) is 48.0 Å². The number of hydrogen-bond acceptors (Lipinski definition) is 5. The Kier molecular flexibility index (Phi) is 5.02. The highest BCUT2D eigenvalue weighted by atomic mass is 16.7. The van der Waals surface area contributed by atoms with Crippen molar-refractivity contribution in [2.75, 3.05) is 43.2 Å². The van der Waals surface area contributed by atoms with E-state index in [4.69, 9.17) is 9.47 Å². The highest BCUT2D eigenvalue weighted by Crippen LogP contribution is 2.33. The standard InChI is InChI=1S/C23H27N3O3/c27-23(18-2-1-3-18)24-19-5-7-20(8-6-19)26-12-10-25(11-13-26)15-17-4-9-21-22(14-17)29-16-28-21/h4-9,14,18H,1-3,10-13,15-16H2,(H,24,27). The minimum Gasteiger partial charge on any atom is -0.454 e. The van der Waals surface area contributed by atoms with E-state index in [9.17, 15) is 4.79 Å². The van der Waals surface area contributed by atoms with E-state index in [1.54, 1.807) is 0 Å². The van der Waals surface area contributed by atoms with Crippen molar-refractivity contribution >= 4 is 17.3 Å². The second-order valence-electron chi connectivity index (χ2n) is 8.11. The number of ether oxygens (including phenoxy) is 2. The van der Waals surface area contributed by atoms with E-state index in [1.807, 2.05) is 18.2 Å². The summed E-state index contributed by atoms with van der Waals surface area (Å²) in [5, 5.41) is 3.04. The molecule has 2 aromatic rings. The lowest BCUT2D eigenvalue weighted by Crippen LogP contribution is -2.45. The SMILES string of the molecule is O=C(Nc1ccc(N2CCN(Cc3ccc4c(c3)OCO4)CC2)cc1)C1CCC1. The Labute approximate surface area is 171 Å². The van der Waals surface area contributed by atoms with Gasteiger partial charge in [0.15, 0.2) is 11.5 Å². The molecule has 0 aromatic heterocycles. The predicted octanol–water partition coefficient (Wildman–Crippen LogP) is 3.48. The minimum absolute atomic E-state index is 0.168. The topological polar surface area (TPSA) is 54.0 Å². The molecular formula is C23H27N3O3. The van der Waals surface area contributed by atoms with Crippen molar-refractivity contribution < 1.29 is 14.3 Å². The van der Waals surface area contributed by atoms with Crippen molar-refractivity contribution in [2.24, 2.45) is 5.92 Å². The van der Waals surface area contributed by atoms with Crippen LogP contribution in [0.4, 0.5) is 11.4 Å². The lowest BCUT2D eigenvalue weighted by atomic mass is 9.85. The van der Waals surface area contributed by atoms with Crippen LogP contribution in [0.3, 0.4) is 0 Å². The molecule has 1 amide bonds. The van der Waals surface area contributed by atoms with E-state index < -0.39 is 0 Å². The molecule has 0 radical (unpaired) electrons. The summed E-state index contributed by atoms with van der Waals surface area (Å²) in [6, 6.07) is 14.5. The molecule has 0 spiro atoms. The summed E-state index contributed by atoms with van der Waals surface area (Å²) in [7, 11) is 0. The molecular weight excluding hydrogens is 366 g/mol. The zero-order valence-corrected chi connectivity index (χ0v) is 16.6. The first-order valence-corrected chi connectivity index (χ1v) is 10.5. The van der Waals surface area contributed by atoms with Crippen LogP contribution in [0.25, 0.3) is 0 Å². The van der Waals surface area contributed by atoms with Gasteiger partial charge in [-0.1, -0.05) is 12.5 Å². The van der Waals surface area contributed by atoms with Crippen LogP contribution in [0.2, 0.25) is 0 Å². The van der Waals surface area contributed by atoms with Crippen LogP contribution in [-0.4, -0.2) is 43.8 Å². The second kappa shape index (κ2) is 7.95. The van der Waals surface area contributed by atoms with E-state index in [-0.39, 0.29) is 11.8 Å². The van der Waals surface area contributed by atoms with E-state index in [0.717, 1.165) is 62.8 Å². The quantitative estimate of drug-likeness (QED) is 0.843. The van der Waals surface area contributed by atoms with E-state index >= 15 is 0 Å². The van der Waals surface area contributed by atoms with Gasteiger partial charge in [0.25, 0.3) is 0 Å². The molecule has 5 rings (SSSR count). The number of anilines is 2. The summed E-state index contributed by atoms with van der Waals surface area (Å²) in [4.78, 5) is 17.0. The molecule has 2 heterocycles. The smallest absolute Gasteiger partial charge is 0.231 e. The van der Waals surface area contributed by atoms with Gasteiger partial charge in [-0.3, -0.25) is 9.69 Å². The monoisotopic (exact) mass is 393 g/mol. The number of nitrogens with one attached hydrogen (secondary N) is 1. The van der Waals surface area contributed by atoms with Crippen molar-refractivity contribution in [3.8, 4) is 11.5 Å². The Balaban J connectivity index is 1.13. The third kappa shape index (κ3) is 4.03. The van der Waals surface area contributed by atoms with Gasteiger partial charge in [-0.2, -0.15) is 0 Å². The summed E-state index contributed by atoms with van der Waals surface area (Å²) < 4.78 is 10.9. The molecule has 152 valence electrons. The van der Waals surface area contributed by atoms with Gasteiger partial charge in [-0.25, -0.2) is 0 Å². The van der Waals surface area contributed by atoms with Crippen molar-refractivity contribution in [3.63, 3.8) is 0 Å². The molecule has 2 aliphatic heterocycles. The molecule has 3 aliphatic rings. The van der Waals surface area contributed by atoms with E-state index in [0.29, 0.717) is 6.79 Å². The number of amides is 1. The van der Waals surface area contributed by atoms with E-state index in [1.165, 1.54) is 17.7 Å². The molecule has 2 aromatic carbocycles. The average molecular weight is 393 g/mol. The van der Waals surface area contributed by atoms with Crippen molar-refractivity contribution in [1.82, 2.24) is 4.90 Å². The Hall–Kier alpha value is -2.73. The second-order valence-corrected chi connectivity index (χ2v) is 8.11. The Morgan fingerprint density at radius 1 is 0.966 bits per heavy atom. The zero-order valence-electron chi connectivity index (χ0n) is 16.6. The van der Waals surface area contributed by atoms with Gasteiger partial charge in [-0.15, -0.1) is 0 Å². The summed E-state index contributed by atoms with van der Waals surface area (Å²) in [6.45, 7) is 5.29. The molecule has 1 saturated carbocycles. The van der Waals surface area contributed by atoms with Crippen LogP contribution in [0.15, 0.2) is 42.5 Å². The fourth-order valence-corrected chi connectivity index (χ4v) is 4.13. The van der Waals surface area contributed by atoms with Crippen LogP contribution in [-0.2, 0) is 11.3 Å². The number of piperazine rings is 1. The van der Waals surface area contributed by atoms with E-state index in [2.05, 4.69) is 39.4 Å². The van der Waals surface area contributed by atoms with Crippen molar-refractivity contribution in [2.45, 2.75) is 25.8 Å². The number of fused-ring (bicyclic) bond motifs is 1. The average Bonchev–Trinajstić information content (AvgIpc) is 3.16. The number of carbonyl (C=O) groups is 1. The Morgan fingerprint density at radius 2 is 1.72 bits per heavy atom. The predicted molar refractivity (Wildman–Crippen MR) is 112 cm³/mol. The number of benzene rings is 2. The molecule has 2 fully saturated rings. The highest BCUT2D eigenvalue weighted by molar-refractivity contribution is 5.93. The lowest BCUT2D eigenvalue weighted by Gasteiger charge is -2.36. The zero-order chi connectivity index (χ0) is 19.6. The van der Waals surface area contributed by atoms with Crippen molar-refractivity contribution in [1.29, 1.82) is 0 Å². The van der Waals surface area contributed by atoms with Crippen LogP contribution >= 0.6 is 0 Å². The molecule has 1 aliphatic carbocycles. The number of hydrogen-bond donors (Lipinski definition) is 1. The van der Waals surface area contributed by atoms with Crippen LogP contribution in [0.5, 0.6) is 11.5 Å². The fraction of sp³-hybridized carbons (Fsp3) is 0.435. The van der Waals surface area contributed by atoms with Crippen LogP contribution < -0.4 is 19.7 Å². The molecule has 0 unspecified atom stereocenters. The first kappa shape index (κ1) is 18.3. The Bertz CT molecular complexity index is 871. The van der Waals surface area contributed by atoms with Gasteiger partial charge in [0.2, 0.25) is 12.7 Å². The van der Waals surface area contributed by atoms with Gasteiger partial charge in [0.1, 0.15) is 0 Å². The molecule has 6 nitrogen and oxygen atoms in total. The Morgan fingerprint density at radius 3 is 2.45 bits per heavy atom. The first-order valence-electron chi connectivity index (χ1n) is 10.5. The minimum atomic E-state index is 0.168. The molecule has 0 bridgehead atoms. The third-order valence-corrected chi connectivity index (χ3v) is 6.19. The summed E-state index contributed by atoms with van der Waals surface area (Å²) in [5.41, 5.74) is 3.37. The molecule has 0 atom stereocenters. The third-order valence-electron chi connectivity index (χ3n) is 6.19. The molecule has 1 N–H and O–H groups in total. The van der Waals surface area contributed by atoms with Gasteiger partial charge >= 0.3 is 0 Å². The maximum Gasteiger partial charge on any atom is 0.231 e. The first-order chi connectivity index (χ1) is 14.2. The van der Waals surface area contributed by atoms with Crippen LogP contribution in [0.1, 0.15) is 24.8 Å².